The summed E-state index contributed by atoms with van der Waals surface area (Å²) in [6.07, 6.45) is 2.99. The lowest BCUT2D eigenvalue weighted by Gasteiger charge is -2.49. The van der Waals surface area contributed by atoms with E-state index in [0.717, 1.165) is 32.1 Å². The summed E-state index contributed by atoms with van der Waals surface area (Å²) in [6.45, 7) is 15.6. The van der Waals surface area contributed by atoms with E-state index in [2.05, 4.69) is 27.7 Å². The Kier molecular flexibility index (Phi) is 10.9. The molecule has 0 aromatic carbocycles. The molecule has 0 unspecified atom stereocenters. The Morgan fingerprint density at radius 3 is 2.34 bits per heavy atom. The average Bonchev–Trinajstić information content (AvgIpc) is 3.73. The largest absolute Gasteiger partial charge is 0.481 e. The SMILES string of the molecule is CC[C@@]1([C@H]2O[C@H]([C@H]3O[C@@](O)(CO)[C@H](C)C[C@@H]3C)C[C@H]2C)CC[C@H]([C@@]2(C)CC[C@]3(C[C@H](O)[C@H](C)[C@@H]([C@H](C)[C@H](OC)[C@@H](C)C(=O)O)O3)O2)O1. The summed E-state index contributed by atoms with van der Waals surface area (Å²) in [5.41, 5.74) is -1.15. The molecule has 0 aliphatic carbocycles. The van der Waals surface area contributed by atoms with E-state index in [1.54, 1.807) is 6.92 Å². The highest BCUT2D eigenvalue weighted by Crippen LogP contribution is 2.55. The number of aliphatic hydroxyl groups is 3. The number of aliphatic hydroxyl groups excluding tert-OH is 2. The molecule has 11 nitrogen and oxygen atoms in total. The Labute approximate surface area is 281 Å². The topological polar surface area (TPSA) is 153 Å². The molecular formula is C36H62O11. The van der Waals surface area contributed by atoms with Crippen molar-refractivity contribution in [3.63, 3.8) is 0 Å². The number of rotatable bonds is 10. The maximum absolute atomic E-state index is 11.8. The van der Waals surface area contributed by atoms with E-state index >= 15 is 0 Å². The number of hydrogen-bond donors (Lipinski definition) is 4. The fourth-order valence-electron chi connectivity index (χ4n) is 9.91. The molecule has 0 aromatic heterocycles. The van der Waals surface area contributed by atoms with E-state index < -0.39 is 59.6 Å². The molecule has 0 bridgehead atoms. The highest BCUT2D eigenvalue weighted by molar-refractivity contribution is 5.70. The van der Waals surface area contributed by atoms with E-state index in [4.69, 9.17) is 28.4 Å². The summed E-state index contributed by atoms with van der Waals surface area (Å²) < 4.78 is 39.4. The summed E-state index contributed by atoms with van der Waals surface area (Å²) in [6, 6.07) is 0. The smallest absolute Gasteiger partial charge is 0.308 e. The third-order valence-electron chi connectivity index (χ3n) is 13.0. The summed E-state index contributed by atoms with van der Waals surface area (Å²) in [5, 5.41) is 41.8. The van der Waals surface area contributed by atoms with Gasteiger partial charge in [0.2, 0.25) is 0 Å². The van der Waals surface area contributed by atoms with Gasteiger partial charge in [0.1, 0.15) is 0 Å². The van der Waals surface area contributed by atoms with E-state index in [1.807, 2.05) is 20.8 Å². The van der Waals surface area contributed by atoms with Crippen LogP contribution in [-0.2, 0) is 33.2 Å². The molecule has 0 aromatic rings. The highest BCUT2D eigenvalue weighted by atomic mass is 16.7. The van der Waals surface area contributed by atoms with Gasteiger partial charge in [-0.2, -0.15) is 0 Å². The average molecular weight is 671 g/mol. The zero-order chi connectivity index (χ0) is 34.7. The Morgan fingerprint density at radius 1 is 1.02 bits per heavy atom. The molecule has 11 heteroatoms. The van der Waals surface area contributed by atoms with Gasteiger partial charge in [-0.15, -0.1) is 0 Å². The number of carboxylic acids is 1. The Balaban J connectivity index is 1.29. The van der Waals surface area contributed by atoms with Crippen LogP contribution in [0.25, 0.3) is 0 Å². The van der Waals surface area contributed by atoms with Crippen LogP contribution in [0, 0.1) is 35.5 Å². The van der Waals surface area contributed by atoms with Crippen LogP contribution in [0.5, 0.6) is 0 Å². The van der Waals surface area contributed by atoms with Crippen LogP contribution in [-0.4, -0.2) is 106 Å². The lowest BCUT2D eigenvalue weighted by Crippen LogP contribution is -2.57. The molecule has 17 atom stereocenters. The Bertz CT molecular complexity index is 1110. The number of carbonyl (C=O) groups is 1. The van der Waals surface area contributed by atoms with Gasteiger partial charge >= 0.3 is 5.97 Å². The molecular weight excluding hydrogens is 608 g/mol. The number of carboxylic acid groups (broad SMARTS) is 1. The second-order valence-electron chi connectivity index (χ2n) is 16.3. The van der Waals surface area contributed by atoms with Crippen molar-refractivity contribution in [1.82, 2.24) is 0 Å². The van der Waals surface area contributed by atoms with Gasteiger partial charge in [-0.25, -0.2) is 0 Å². The molecule has 5 rings (SSSR count). The molecule has 5 fully saturated rings. The van der Waals surface area contributed by atoms with Crippen LogP contribution < -0.4 is 0 Å². The van der Waals surface area contributed by atoms with E-state index in [1.165, 1.54) is 7.11 Å². The van der Waals surface area contributed by atoms with Crippen molar-refractivity contribution in [3.8, 4) is 0 Å². The molecule has 0 saturated carbocycles. The minimum atomic E-state index is -1.56. The van der Waals surface area contributed by atoms with Gasteiger partial charge in [0.05, 0.1) is 66.5 Å². The maximum Gasteiger partial charge on any atom is 0.308 e. The second-order valence-corrected chi connectivity index (χ2v) is 16.3. The van der Waals surface area contributed by atoms with Crippen molar-refractivity contribution in [2.24, 2.45) is 35.5 Å². The fraction of sp³-hybridized carbons (Fsp3) is 0.972. The first kappa shape index (κ1) is 37.4. The molecule has 1 spiro atoms. The number of hydrogen-bond acceptors (Lipinski definition) is 10. The fourth-order valence-corrected chi connectivity index (χ4v) is 9.91. The van der Waals surface area contributed by atoms with Crippen LogP contribution in [0.2, 0.25) is 0 Å². The minimum Gasteiger partial charge on any atom is -0.481 e. The molecule has 272 valence electrons. The highest BCUT2D eigenvalue weighted by Gasteiger charge is 2.62. The van der Waals surface area contributed by atoms with Crippen LogP contribution in [0.3, 0.4) is 0 Å². The molecule has 5 saturated heterocycles. The van der Waals surface area contributed by atoms with Crippen molar-refractivity contribution in [2.75, 3.05) is 13.7 Å². The molecule has 4 N–H and O–H groups in total. The lowest BCUT2D eigenvalue weighted by molar-refractivity contribution is -0.336. The Morgan fingerprint density at radius 2 is 1.72 bits per heavy atom. The summed E-state index contributed by atoms with van der Waals surface area (Å²) in [7, 11) is 1.52. The van der Waals surface area contributed by atoms with Gasteiger partial charge in [-0.05, 0) is 64.2 Å². The van der Waals surface area contributed by atoms with Crippen molar-refractivity contribution < 1.29 is 53.6 Å². The second kappa shape index (κ2) is 13.7. The van der Waals surface area contributed by atoms with Crippen molar-refractivity contribution in [1.29, 1.82) is 0 Å². The predicted molar refractivity (Wildman–Crippen MR) is 172 cm³/mol. The molecule has 5 aliphatic heterocycles. The molecule has 47 heavy (non-hydrogen) atoms. The predicted octanol–water partition coefficient (Wildman–Crippen LogP) is 4.27. The van der Waals surface area contributed by atoms with Crippen molar-refractivity contribution in [3.05, 3.63) is 0 Å². The minimum absolute atomic E-state index is 0.153. The van der Waals surface area contributed by atoms with Crippen LogP contribution in [0.15, 0.2) is 0 Å². The van der Waals surface area contributed by atoms with E-state index in [-0.39, 0.29) is 54.0 Å². The van der Waals surface area contributed by atoms with Crippen LogP contribution >= 0.6 is 0 Å². The number of ether oxygens (including phenoxy) is 6. The zero-order valence-electron chi connectivity index (χ0n) is 30.0. The summed E-state index contributed by atoms with van der Waals surface area (Å²) >= 11 is 0. The zero-order valence-corrected chi connectivity index (χ0v) is 30.0. The summed E-state index contributed by atoms with van der Waals surface area (Å²) in [4.78, 5) is 11.8. The first-order chi connectivity index (χ1) is 22.0. The number of aliphatic carboxylic acids is 1. The third kappa shape index (κ3) is 6.67. The molecule has 0 amide bonds. The van der Waals surface area contributed by atoms with Gasteiger partial charge in [0, 0.05) is 37.7 Å². The van der Waals surface area contributed by atoms with Crippen molar-refractivity contribution in [2.45, 2.75) is 172 Å². The van der Waals surface area contributed by atoms with E-state index in [9.17, 15) is 25.2 Å². The van der Waals surface area contributed by atoms with Crippen LogP contribution in [0.1, 0.15) is 107 Å². The van der Waals surface area contributed by atoms with Gasteiger partial charge in [-0.3, -0.25) is 4.79 Å². The van der Waals surface area contributed by atoms with Gasteiger partial charge in [-0.1, -0.05) is 41.5 Å². The van der Waals surface area contributed by atoms with Gasteiger partial charge in [0.25, 0.3) is 0 Å². The number of methoxy groups -OCH3 is 1. The Hall–Kier alpha value is -0.890. The standard InChI is InChI=1S/C36H62O11/c1-10-34(31-20(3)16-26(43-31)28-19(2)15-21(4)36(41,18-37)46-28)12-11-27(44-34)33(8)13-14-35(47-33)17-25(38)22(5)30(45-35)23(6)29(42-9)24(7)32(39)40/h19-31,37-38,41H,10-18H2,1-9H3,(H,39,40)/t19-,20+,21+,22-,23+,24+,25-,26-,27+,28-,29-,30-,31-,33+,34-,35+,36-/m0/s1. The molecule has 5 heterocycles. The molecule has 0 radical (unpaired) electrons. The quantitative estimate of drug-likeness (QED) is 0.264. The lowest BCUT2D eigenvalue weighted by atomic mass is 9.78. The normalized spacial score (nSPS) is 50.9. The van der Waals surface area contributed by atoms with E-state index in [0.29, 0.717) is 19.3 Å². The molecule has 5 aliphatic rings. The third-order valence-corrected chi connectivity index (χ3v) is 13.0. The summed E-state index contributed by atoms with van der Waals surface area (Å²) in [5.74, 6) is -4.52. The first-order valence-electron chi connectivity index (χ1n) is 18.1. The van der Waals surface area contributed by atoms with Crippen molar-refractivity contribution >= 4 is 5.97 Å². The van der Waals surface area contributed by atoms with Crippen LogP contribution in [0.4, 0.5) is 0 Å². The maximum atomic E-state index is 11.8. The van der Waals surface area contributed by atoms with Gasteiger partial charge < -0.3 is 48.8 Å². The monoisotopic (exact) mass is 670 g/mol. The first-order valence-corrected chi connectivity index (χ1v) is 18.1. The van der Waals surface area contributed by atoms with Gasteiger partial charge in [0.15, 0.2) is 11.6 Å².